The van der Waals surface area contributed by atoms with Crippen molar-refractivity contribution >= 4 is 11.8 Å². The third-order valence-corrected chi connectivity index (χ3v) is 5.42. The number of alkyl halides is 3. The van der Waals surface area contributed by atoms with E-state index in [1.54, 1.807) is 13.0 Å². The van der Waals surface area contributed by atoms with E-state index >= 15 is 0 Å². The molecule has 0 aliphatic carbocycles. The number of benzene rings is 1. The molecular weight excluding hydrogens is 437 g/mol. The monoisotopic (exact) mass is 466 g/mol. The normalized spacial score (nSPS) is 17.2. The molecule has 2 N–H and O–H groups in total. The lowest BCUT2D eigenvalue weighted by atomic mass is 10.0. The van der Waals surface area contributed by atoms with Crippen LogP contribution in [0.3, 0.4) is 0 Å². The number of aromatic hydroxyl groups is 1. The summed E-state index contributed by atoms with van der Waals surface area (Å²) in [5.41, 5.74) is 0.260. The number of nitrogens with one attached hydrogen (secondary N) is 1. The molecule has 180 valence electrons. The molecule has 3 rings (SSSR count). The first kappa shape index (κ1) is 24.8. The molecule has 1 aromatic heterocycles. The average Bonchev–Trinajstić information content (AvgIpc) is 2.72. The second-order valence-electron chi connectivity index (χ2n) is 8.56. The Balaban J connectivity index is 1.63. The van der Waals surface area contributed by atoms with Crippen LogP contribution in [0, 0.1) is 6.92 Å². The van der Waals surface area contributed by atoms with Crippen LogP contribution in [-0.4, -0.2) is 58.0 Å². The van der Waals surface area contributed by atoms with Crippen LogP contribution in [0.1, 0.15) is 44.2 Å². The predicted molar refractivity (Wildman–Crippen MR) is 118 cm³/mol. The number of nitrogens with zero attached hydrogens (tertiary/aromatic N) is 3. The van der Waals surface area contributed by atoms with Gasteiger partial charge in [0.05, 0.1) is 23.8 Å². The summed E-state index contributed by atoms with van der Waals surface area (Å²) in [5, 5.41) is 21.8. The second kappa shape index (κ2) is 10.4. The van der Waals surface area contributed by atoms with Crippen molar-refractivity contribution < 1.29 is 27.8 Å². The number of rotatable bonds is 7. The fourth-order valence-corrected chi connectivity index (χ4v) is 3.89. The maximum absolute atomic E-state index is 12.8. The highest BCUT2D eigenvalue weighted by molar-refractivity contribution is 5.71. The number of phenols is 1. The minimum Gasteiger partial charge on any atom is -0.507 e. The maximum Gasteiger partial charge on any atom is 0.416 e. The van der Waals surface area contributed by atoms with E-state index in [1.807, 2.05) is 13.8 Å². The van der Waals surface area contributed by atoms with Crippen LogP contribution in [0.25, 0.3) is 11.3 Å². The molecule has 0 amide bonds. The zero-order valence-electron chi connectivity index (χ0n) is 18.9. The second-order valence-corrected chi connectivity index (χ2v) is 8.56. The number of hydrogen-bond acceptors (Lipinski definition) is 7. The van der Waals surface area contributed by atoms with Crippen LogP contribution in [0.5, 0.6) is 5.75 Å². The molecule has 0 radical (unpaired) electrons. The fraction of sp³-hybridized carbons (Fsp3) is 0.522. The number of hydrogen-bond donors (Lipinski definition) is 2. The molecular formula is C23H29F3N4O3. The van der Waals surface area contributed by atoms with Gasteiger partial charge in [0.15, 0.2) is 0 Å². The van der Waals surface area contributed by atoms with Crippen LogP contribution >= 0.6 is 0 Å². The lowest BCUT2D eigenvalue weighted by molar-refractivity contribution is -0.147. The minimum absolute atomic E-state index is 0.123. The topological polar surface area (TPSA) is 87.6 Å². The van der Waals surface area contributed by atoms with Gasteiger partial charge >= 0.3 is 12.1 Å². The lowest BCUT2D eigenvalue weighted by Gasteiger charge is -2.33. The Morgan fingerprint density at radius 3 is 2.70 bits per heavy atom. The first-order valence-corrected chi connectivity index (χ1v) is 11.0. The van der Waals surface area contributed by atoms with Gasteiger partial charge in [-0.3, -0.25) is 4.79 Å². The van der Waals surface area contributed by atoms with Crippen molar-refractivity contribution in [1.82, 2.24) is 15.1 Å². The van der Waals surface area contributed by atoms with Crippen LogP contribution in [0.2, 0.25) is 0 Å². The van der Waals surface area contributed by atoms with Crippen molar-refractivity contribution in [2.45, 2.75) is 58.4 Å². The Morgan fingerprint density at radius 1 is 1.30 bits per heavy atom. The third-order valence-electron chi connectivity index (χ3n) is 5.42. The average molecular weight is 467 g/mol. The molecule has 10 heteroatoms. The summed E-state index contributed by atoms with van der Waals surface area (Å²) in [4.78, 5) is 14.0. The number of esters is 1. The van der Waals surface area contributed by atoms with Crippen molar-refractivity contribution in [2.75, 3.05) is 25.0 Å². The summed E-state index contributed by atoms with van der Waals surface area (Å²) < 4.78 is 43.7. The van der Waals surface area contributed by atoms with Gasteiger partial charge in [0, 0.05) is 24.7 Å². The molecule has 0 bridgehead atoms. The van der Waals surface area contributed by atoms with E-state index in [0.29, 0.717) is 36.1 Å². The predicted octanol–water partition coefficient (Wildman–Crippen LogP) is 4.39. The van der Waals surface area contributed by atoms with Gasteiger partial charge in [-0.25, -0.2) is 0 Å². The molecule has 1 atom stereocenters. The molecule has 0 spiro atoms. The highest BCUT2D eigenvalue weighted by atomic mass is 19.4. The summed E-state index contributed by atoms with van der Waals surface area (Å²) in [7, 11) is 0. The smallest absolute Gasteiger partial charge is 0.416 e. The van der Waals surface area contributed by atoms with Crippen LogP contribution in [0.15, 0.2) is 24.3 Å². The Hall–Kier alpha value is -2.88. The van der Waals surface area contributed by atoms with Crippen molar-refractivity contribution in [3.8, 4) is 17.0 Å². The standard InChI is InChI=1S/C23H29F3N4O3/c1-14(2)33-21(32)8-10-30-9-4-5-17(13-30)27-20-11-15(3)22(29-28-20)18-7-6-16(12-19(18)31)23(24,25)26/h6-7,11-12,14,17,31H,4-5,8-10,13H2,1-3H3,(H,27,28)/t17-/m1/s1. The Labute approximate surface area is 191 Å². The largest absolute Gasteiger partial charge is 0.507 e. The summed E-state index contributed by atoms with van der Waals surface area (Å²) in [5.74, 6) is -0.153. The number of piperidine rings is 1. The van der Waals surface area contributed by atoms with E-state index in [2.05, 4.69) is 20.4 Å². The molecule has 33 heavy (non-hydrogen) atoms. The van der Waals surface area contributed by atoms with Gasteiger partial charge < -0.3 is 20.1 Å². The fourth-order valence-electron chi connectivity index (χ4n) is 3.89. The first-order chi connectivity index (χ1) is 15.5. The van der Waals surface area contributed by atoms with Gasteiger partial charge in [0.25, 0.3) is 0 Å². The van der Waals surface area contributed by atoms with Gasteiger partial charge in [-0.05, 0) is 70.0 Å². The van der Waals surface area contributed by atoms with E-state index in [1.165, 1.54) is 6.07 Å². The summed E-state index contributed by atoms with van der Waals surface area (Å²) >= 11 is 0. The van der Waals surface area contributed by atoms with E-state index in [0.717, 1.165) is 32.0 Å². The Bertz CT molecular complexity index is 982. The zero-order valence-corrected chi connectivity index (χ0v) is 18.9. The molecule has 0 saturated carbocycles. The molecule has 7 nitrogen and oxygen atoms in total. The highest BCUT2D eigenvalue weighted by Gasteiger charge is 2.31. The molecule has 0 unspecified atom stereocenters. The Morgan fingerprint density at radius 2 is 2.06 bits per heavy atom. The number of likely N-dealkylation sites (tertiary alicyclic amines) is 1. The molecule has 1 aromatic carbocycles. The molecule has 1 aliphatic heterocycles. The number of halogens is 3. The van der Waals surface area contributed by atoms with E-state index in [4.69, 9.17) is 4.74 Å². The number of aryl methyl sites for hydroxylation is 1. The maximum atomic E-state index is 12.8. The number of carbonyl (C=O) groups excluding carboxylic acids is 1. The molecule has 2 aromatic rings. The number of anilines is 1. The molecule has 1 fully saturated rings. The van der Waals surface area contributed by atoms with Crippen molar-refractivity contribution in [1.29, 1.82) is 0 Å². The Kier molecular flexibility index (Phi) is 7.78. The number of phenolic OH excluding ortho intramolecular Hbond substituents is 1. The van der Waals surface area contributed by atoms with Gasteiger partial charge in [-0.1, -0.05) is 0 Å². The minimum atomic E-state index is -4.53. The van der Waals surface area contributed by atoms with Crippen molar-refractivity contribution in [3.05, 3.63) is 35.4 Å². The van der Waals surface area contributed by atoms with E-state index < -0.39 is 17.5 Å². The summed E-state index contributed by atoms with van der Waals surface area (Å²) in [6.07, 6.45) is -2.40. The summed E-state index contributed by atoms with van der Waals surface area (Å²) in [6.45, 7) is 7.69. The van der Waals surface area contributed by atoms with Gasteiger partial charge in [-0.15, -0.1) is 10.2 Å². The number of ether oxygens (including phenoxy) is 1. The third kappa shape index (κ3) is 6.80. The van der Waals surface area contributed by atoms with Gasteiger partial charge in [0.1, 0.15) is 11.6 Å². The lowest BCUT2D eigenvalue weighted by Crippen LogP contribution is -2.43. The molecule has 1 saturated heterocycles. The summed E-state index contributed by atoms with van der Waals surface area (Å²) in [6, 6.07) is 4.69. The van der Waals surface area contributed by atoms with E-state index in [-0.39, 0.29) is 23.7 Å². The van der Waals surface area contributed by atoms with Crippen molar-refractivity contribution in [3.63, 3.8) is 0 Å². The molecule has 2 heterocycles. The first-order valence-electron chi connectivity index (χ1n) is 11.0. The number of aromatic nitrogens is 2. The van der Waals surface area contributed by atoms with Crippen LogP contribution < -0.4 is 5.32 Å². The quantitative estimate of drug-likeness (QED) is 0.585. The van der Waals surface area contributed by atoms with Gasteiger partial charge in [-0.2, -0.15) is 13.2 Å². The van der Waals surface area contributed by atoms with E-state index in [9.17, 15) is 23.1 Å². The number of carbonyl (C=O) groups is 1. The van der Waals surface area contributed by atoms with Crippen LogP contribution in [0.4, 0.5) is 19.0 Å². The van der Waals surface area contributed by atoms with Gasteiger partial charge in [0.2, 0.25) is 0 Å². The highest BCUT2D eigenvalue weighted by Crippen LogP contribution is 2.36. The SMILES string of the molecule is Cc1cc(N[C@@H]2CCCN(CCC(=O)OC(C)C)C2)nnc1-c1ccc(C(F)(F)F)cc1O. The zero-order chi connectivity index (χ0) is 24.2. The van der Waals surface area contributed by atoms with Crippen LogP contribution in [-0.2, 0) is 15.7 Å². The van der Waals surface area contributed by atoms with Crippen molar-refractivity contribution in [2.24, 2.45) is 0 Å². The molecule has 1 aliphatic rings.